The van der Waals surface area contributed by atoms with Gasteiger partial charge in [0.1, 0.15) is 12.4 Å². The summed E-state index contributed by atoms with van der Waals surface area (Å²) in [6.07, 6.45) is 2.26. The van der Waals surface area contributed by atoms with Gasteiger partial charge in [0.2, 0.25) is 0 Å². The minimum atomic E-state index is 0.460. The van der Waals surface area contributed by atoms with E-state index in [1.54, 1.807) is 7.11 Å². The molecule has 0 bridgehead atoms. The number of nitrogens with one attached hydrogen (secondary N) is 2. The minimum absolute atomic E-state index is 0.460. The van der Waals surface area contributed by atoms with Crippen molar-refractivity contribution in [2.24, 2.45) is 4.99 Å². The standard InChI is InChI=1S/C25H36N4O2/c1-3-26-25(27-19-21-9-11-24(12-10-21)31-18-17-30-2)28-23-13-15-29(16-14-23)20-22-7-5-4-6-8-22/h4-12,23H,3,13-20H2,1-2H3,(H2,26,27,28). The predicted octanol–water partition coefficient (Wildman–Crippen LogP) is 3.43. The molecule has 168 valence electrons. The van der Waals surface area contributed by atoms with Crippen LogP contribution in [-0.4, -0.2) is 56.9 Å². The van der Waals surface area contributed by atoms with Crippen LogP contribution in [0.1, 0.15) is 30.9 Å². The van der Waals surface area contributed by atoms with E-state index in [1.165, 1.54) is 5.56 Å². The highest BCUT2D eigenvalue weighted by Gasteiger charge is 2.20. The summed E-state index contributed by atoms with van der Waals surface area (Å²) < 4.78 is 10.6. The zero-order valence-electron chi connectivity index (χ0n) is 18.8. The second kappa shape index (κ2) is 13.0. The molecule has 0 spiro atoms. The first-order chi connectivity index (χ1) is 15.3. The van der Waals surface area contributed by atoms with Crippen molar-refractivity contribution in [3.05, 3.63) is 65.7 Å². The average molecular weight is 425 g/mol. The molecule has 0 radical (unpaired) electrons. The molecule has 2 aromatic carbocycles. The smallest absolute Gasteiger partial charge is 0.191 e. The maximum absolute atomic E-state index is 5.62. The molecule has 0 saturated carbocycles. The lowest BCUT2D eigenvalue weighted by atomic mass is 10.0. The van der Waals surface area contributed by atoms with E-state index in [2.05, 4.69) is 64.9 Å². The van der Waals surface area contributed by atoms with Gasteiger partial charge in [0, 0.05) is 39.3 Å². The number of methoxy groups -OCH3 is 1. The van der Waals surface area contributed by atoms with Crippen molar-refractivity contribution in [2.45, 2.75) is 38.9 Å². The highest BCUT2D eigenvalue weighted by atomic mass is 16.5. The van der Waals surface area contributed by atoms with E-state index in [0.29, 0.717) is 25.8 Å². The molecule has 1 heterocycles. The molecule has 1 fully saturated rings. The number of ether oxygens (including phenoxy) is 2. The normalized spacial score (nSPS) is 15.6. The van der Waals surface area contributed by atoms with E-state index in [4.69, 9.17) is 14.5 Å². The van der Waals surface area contributed by atoms with Gasteiger partial charge in [-0.15, -0.1) is 0 Å². The molecule has 6 nitrogen and oxygen atoms in total. The van der Waals surface area contributed by atoms with Crippen LogP contribution in [0.25, 0.3) is 0 Å². The maximum Gasteiger partial charge on any atom is 0.191 e. The third-order valence-electron chi connectivity index (χ3n) is 5.42. The highest BCUT2D eigenvalue weighted by Crippen LogP contribution is 2.15. The van der Waals surface area contributed by atoms with E-state index >= 15 is 0 Å². The fourth-order valence-corrected chi connectivity index (χ4v) is 3.69. The topological polar surface area (TPSA) is 58.1 Å². The highest BCUT2D eigenvalue weighted by molar-refractivity contribution is 5.80. The Labute approximate surface area is 186 Å². The third kappa shape index (κ3) is 8.23. The van der Waals surface area contributed by atoms with Crippen molar-refractivity contribution in [2.75, 3.05) is 40.0 Å². The summed E-state index contributed by atoms with van der Waals surface area (Å²) in [5, 5.41) is 7.01. The van der Waals surface area contributed by atoms with Crippen LogP contribution in [0.15, 0.2) is 59.6 Å². The number of rotatable bonds is 10. The number of hydrogen-bond donors (Lipinski definition) is 2. The van der Waals surface area contributed by atoms with Gasteiger partial charge in [0.15, 0.2) is 5.96 Å². The molecule has 2 N–H and O–H groups in total. The molecule has 6 heteroatoms. The summed E-state index contributed by atoms with van der Waals surface area (Å²) >= 11 is 0. The molecule has 1 saturated heterocycles. The van der Waals surface area contributed by atoms with Crippen molar-refractivity contribution >= 4 is 5.96 Å². The van der Waals surface area contributed by atoms with Gasteiger partial charge in [-0.05, 0) is 43.0 Å². The first-order valence-corrected chi connectivity index (χ1v) is 11.3. The molecular formula is C25H36N4O2. The van der Waals surface area contributed by atoms with Crippen LogP contribution in [0.2, 0.25) is 0 Å². The lowest BCUT2D eigenvalue weighted by molar-refractivity contribution is 0.146. The lowest BCUT2D eigenvalue weighted by Gasteiger charge is -2.33. The molecule has 2 aromatic rings. The molecule has 0 aliphatic carbocycles. The van der Waals surface area contributed by atoms with E-state index < -0.39 is 0 Å². The van der Waals surface area contributed by atoms with Crippen LogP contribution >= 0.6 is 0 Å². The number of aliphatic imine (C=N–C) groups is 1. The van der Waals surface area contributed by atoms with Gasteiger partial charge in [-0.25, -0.2) is 4.99 Å². The van der Waals surface area contributed by atoms with E-state index in [9.17, 15) is 0 Å². The zero-order valence-corrected chi connectivity index (χ0v) is 18.8. The minimum Gasteiger partial charge on any atom is -0.491 e. The fraction of sp³-hybridized carbons (Fsp3) is 0.480. The first kappa shape index (κ1) is 23.1. The summed E-state index contributed by atoms with van der Waals surface area (Å²) in [6, 6.07) is 19.3. The first-order valence-electron chi connectivity index (χ1n) is 11.3. The van der Waals surface area contributed by atoms with Crippen molar-refractivity contribution in [3.8, 4) is 5.75 Å². The number of piperidine rings is 1. The van der Waals surface area contributed by atoms with Crippen LogP contribution in [0, 0.1) is 0 Å². The van der Waals surface area contributed by atoms with E-state index in [1.807, 2.05) is 12.1 Å². The Balaban J connectivity index is 1.45. The number of guanidine groups is 1. The summed E-state index contributed by atoms with van der Waals surface area (Å²) in [5.74, 6) is 1.75. The summed E-state index contributed by atoms with van der Waals surface area (Å²) in [5.41, 5.74) is 2.55. The van der Waals surface area contributed by atoms with Gasteiger partial charge < -0.3 is 20.1 Å². The largest absolute Gasteiger partial charge is 0.491 e. The molecular weight excluding hydrogens is 388 g/mol. The number of hydrogen-bond acceptors (Lipinski definition) is 4. The van der Waals surface area contributed by atoms with Crippen LogP contribution in [0.3, 0.4) is 0 Å². The number of nitrogens with zero attached hydrogens (tertiary/aromatic N) is 2. The fourth-order valence-electron chi connectivity index (χ4n) is 3.69. The van der Waals surface area contributed by atoms with Crippen molar-refractivity contribution in [3.63, 3.8) is 0 Å². The van der Waals surface area contributed by atoms with Gasteiger partial charge in [0.25, 0.3) is 0 Å². The van der Waals surface area contributed by atoms with Gasteiger partial charge in [-0.1, -0.05) is 42.5 Å². The molecule has 0 aromatic heterocycles. The summed E-state index contributed by atoms with van der Waals surface area (Å²) in [7, 11) is 1.68. The zero-order chi connectivity index (χ0) is 21.7. The van der Waals surface area contributed by atoms with Crippen LogP contribution < -0.4 is 15.4 Å². The Kier molecular flexibility index (Phi) is 9.67. The monoisotopic (exact) mass is 424 g/mol. The lowest BCUT2D eigenvalue weighted by Crippen LogP contribution is -2.48. The van der Waals surface area contributed by atoms with Crippen molar-refractivity contribution in [1.82, 2.24) is 15.5 Å². The van der Waals surface area contributed by atoms with Gasteiger partial charge in [-0.2, -0.15) is 0 Å². The number of likely N-dealkylation sites (tertiary alicyclic amines) is 1. The quantitative estimate of drug-likeness (QED) is 0.348. The second-order valence-corrected chi connectivity index (χ2v) is 7.86. The Morgan fingerprint density at radius 1 is 1.00 bits per heavy atom. The summed E-state index contributed by atoms with van der Waals surface area (Å²) in [4.78, 5) is 7.33. The van der Waals surface area contributed by atoms with Crippen LogP contribution in [0.5, 0.6) is 5.75 Å². The molecule has 1 aliphatic heterocycles. The Bertz CT molecular complexity index is 772. The average Bonchev–Trinajstić information content (AvgIpc) is 2.81. The van der Waals surface area contributed by atoms with Gasteiger partial charge in [0.05, 0.1) is 13.2 Å². The van der Waals surface area contributed by atoms with Gasteiger partial charge in [-0.3, -0.25) is 4.90 Å². The molecule has 0 unspecified atom stereocenters. The van der Waals surface area contributed by atoms with Gasteiger partial charge >= 0.3 is 0 Å². The Morgan fingerprint density at radius 2 is 1.74 bits per heavy atom. The second-order valence-electron chi connectivity index (χ2n) is 7.86. The van der Waals surface area contributed by atoms with Crippen molar-refractivity contribution < 1.29 is 9.47 Å². The predicted molar refractivity (Wildman–Crippen MR) is 127 cm³/mol. The Hall–Kier alpha value is -2.57. The SMILES string of the molecule is CCNC(=NCc1ccc(OCCOC)cc1)NC1CCN(Cc2ccccc2)CC1. The molecule has 0 atom stereocenters. The van der Waals surface area contributed by atoms with E-state index in [-0.39, 0.29) is 0 Å². The van der Waals surface area contributed by atoms with Crippen LogP contribution in [-0.2, 0) is 17.8 Å². The molecule has 3 rings (SSSR count). The number of benzene rings is 2. The third-order valence-corrected chi connectivity index (χ3v) is 5.42. The maximum atomic E-state index is 5.62. The van der Waals surface area contributed by atoms with Crippen molar-refractivity contribution in [1.29, 1.82) is 0 Å². The molecule has 1 aliphatic rings. The Morgan fingerprint density at radius 3 is 2.42 bits per heavy atom. The molecule has 0 amide bonds. The summed E-state index contributed by atoms with van der Waals surface area (Å²) in [6.45, 7) is 8.00. The van der Waals surface area contributed by atoms with E-state index in [0.717, 1.165) is 56.3 Å². The van der Waals surface area contributed by atoms with Crippen LogP contribution in [0.4, 0.5) is 0 Å². The molecule has 31 heavy (non-hydrogen) atoms.